The molecule has 1 aliphatic rings. The Hall–Kier alpha value is -2.54. The van der Waals surface area contributed by atoms with Crippen LogP contribution in [0.4, 0.5) is 11.4 Å². The fourth-order valence-electron chi connectivity index (χ4n) is 2.54. The van der Waals surface area contributed by atoms with Crippen molar-refractivity contribution in [2.75, 3.05) is 18.4 Å². The van der Waals surface area contributed by atoms with Crippen LogP contribution < -0.4 is 10.6 Å². The smallest absolute Gasteiger partial charge is 0.269 e. The molecule has 0 saturated carbocycles. The number of fused-ring (bicyclic) bond motifs is 1. The molecule has 0 saturated heterocycles. The maximum atomic E-state index is 12.2. The van der Waals surface area contributed by atoms with Crippen molar-refractivity contribution in [3.8, 4) is 0 Å². The number of hydrogen-bond acceptors (Lipinski definition) is 5. The van der Waals surface area contributed by atoms with Gasteiger partial charge in [-0.3, -0.25) is 14.9 Å². The summed E-state index contributed by atoms with van der Waals surface area (Å²) in [5, 5.41) is 16.6. The third-order valence-corrected chi connectivity index (χ3v) is 5.09. The largest absolute Gasteiger partial charge is 0.383 e. The number of rotatable bonds is 6. The number of amides is 1. The van der Waals surface area contributed by atoms with Crippen LogP contribution in [-0.2, 0) is 11.2 Å². The van der Waals surface area contributed by atoms with Crippen LogP contribution in [0.1, 0.15) is 5.56 Å². The maximum absolute atomic E-state index is 12.2. The molecule has 1 aliphatic heterocycles. The molecule has 1 amide bonds. The Balaban J connectivity index is 1.41. The van der Waals surface area contributed by atoms with Crippen LogP contribution in [0.25, 0.3) is 0 Å². The van der Waals surface area contributed by atoms with Gasteiger partial charge in [-0.1, -0.05) is 18.2 Å². The first kappa shape index (κ1) is 16.3. The molecule has 2 aromatic rings. The lowest BCUT2D eigenvalue weighted by Gasteiger charge is -2.11. The molecule has 6 nitrogen and oxygen atoms in total. The summed E-state index contributed by atoms with van der Waals surface area (Å²) in [5.74, 6) is 0.0432. The Morgan fingerprint density at radius 2 is 1.92 bits per heavy atom. The number of nitro groups is 1. The molecule has 124 valence electrons. The second-order valence-electron chi connectivity index (χ2n) is 5.44. The van der Waals surface area contributed by atoms with E-state index in [2.05, 4.69) is 16.7 Å². The Labute approximate surface area is 143 Å². The third kappa shape index (κ3) is 3.86. The van der Waals surface area contributed by atoms with Gasteiger partial charge in [-0.25, -0.2) is 0 Å². The van der Waals surface area contributed by atoms with E-state index in [1.807, 2.05) is 18.2 Å². The number of non-ortho nitro benzene ring substituents is 1. The number of hydrogen-bond donors (Lipinski definition) is 2. The van der Waals surface area contributed by atoms with E-state index in [0.29, 0.717) is 13.1 Å². The van der Waals surface area contributed by atoms with E-state index in [-0.39, 0.29) is 16.8 Å². The van der Waals surface area contributed by atoms with Crippen LogP contribution in [-0.4, -0.2) is 29.2 Å². The van der Waals surface area contributed by atoms with Gasteiger partial charge < -0.3 is 10.6 Å². The van der Waals surface area contributed by atoms with E-state index in [0.717, 1.165) is 12.1 Å². The summed E-state index contributed by atoms with van der Waals surface area (Å²) in [6, 6.07) is 14.3. The quantitative estimate of drug-likeness (QED) is 0.479. The molecule has 0 aromatic heterocycles. The van der Waals surface area contributed by atoms with Crippen molar-refractivity contribution in [1.29, 1.82) is 0 Å². The highest BCUT2D eigenvalue weighted by Gasteiger charge is 2.27. The molecule has 2 aromatic carbocycles. The zero-order valence-corrected chi connectivity index (χ0v) is 13.7. The SMILES string of the molecule is O=C(NCCNc1ccc([N+](=O)[O-])cc1)[C@@H]1Cc2ccccc2S1. The van der Waals surface area contributed by atoms with Gasteiger partial charge >= 0.3 is 0 Å². The van der Waals surface area contributed by atoms with Gasteiger partial charge in [-0.05, 0) is 30.2 Å². The average Bonchev–Trinajstić information content (AvgIpc) is 3.03. The number of nitrogens with zero attached hydrogens (tertiary/aromatic N) is 1. The van der Waals surface area contributed by atoms with Crippen LogP contribution in [0.3, 0.4) is 0 Å². The number of anilines is 1. The lowest BCUT2D eigenvalue weighted by Crippen LogP contribution is -2.35. The van der Waals surface area contributed by atoms with Gasteiger partial charge in [0.1, 0.15) is 0 Å². The van der Waals surface area contributed by atoms with Crippen molar-refractivity contribution in [2.24, 2.45) is 0 Å². The minimum absolute atomic E-state index is 0.0432. The second kappa shape index (κ2) is 7.35. The van der Waals surface area contributed by atoms with Crippen molar-refractivity contribution < 1.29 is 9.72 Å². The molecule has 1 atom stereocenters. The van der Waals surface area contributed by atoms with Gasteiger partial charge in [0.05, 0.1) is 10.2 Å². The molecule has 7 heteroatoms. The van der Waals surface area contributed by atoms with Crippen LogP contribution in [0.2, 0.25) is 0 Å². The van der Waals surface area contributed by atoms with Crippen LogP contribution in [0.15, 0.2) is 53.4 Å². The number of nitrogens with one attached hydrogen (secondary N) is 2. The van der Waals surface area contributed by atoms with E-state index in [1.54, 1.807) is 23.9 Å². The normalized spacial score (nSPS) is 15.6. The predicted octanol–water partition coefficient (Wildman–Crippen LogP) is 2.84. The molecule has 1 heterocycles. The van der Waals surface area contributed by atoms with Crippen LogP contribution in [0, 0.1) is 10.1 Å². The number of benzene rings is 2. The van der Waals surface area contributed by atoms with Gasteiger partial charge in [0.2, 0.25) is 5.91 Å². The summed E-state index contributed by atoms with van der Waals surface area (Å²) in [6.07, 6.45) is 0.766. The van der Waals surface area contributed by atoms with Gasteiger partial charge in [-0.15, -0.1) is 11.8 Å². The van der Waals surface area contributed by atoms with Gasteiger partial charge in [0, 0.05) is 35.8 Å². The third-order valence-electron chi connectivity index (χ3n) is 3.77. The molecule has 0 spiro atoms. The monoisotopic (exact) mass is 343 g/mol. The van der Waals surface area contributed by atoms with Crippen LogP contribution >= 0.6 is 11.8 Å². The van der Waals surface area contributed by atoms with E-state index in [1.165, 1.54) is 22.6 Å². The standard InChI is InChI=1S/C17H17N3O3S/c21-17(16-11-12-3-1-2-4-15(12)24-16)19-10-9-18-13-5-7-14(8-6-13)20(22)23/h1-8,16,18H,9-11H2,(H,19,21)/t16-/m0/s1. The first-order valence-electron chi connectivity index (χ1n) is 7.64. The number of nitro benzene ring substituents is 1. The number of thioether (sulfide) groups is 1. The first-order chi connectivity index (χ1) is 11.6. The lowest BCUT2D eigenvalue weighted by molar-refractivity contribution is -0.384. The number of carbonyl (C=O) groups excluding carboxylic acids is 1. The summed E-state index contributed by atoms with van der Waals surface area (Å²) < 4.78 is 0. The van der Waals surface area contributed by atoms with Gasteiger partial charge in [0.25, 0.3) is 5.69 Å². The van der Waals surface area contributed by atoms with Crippen molar-refractivity contribution in [3.63, 3.8) is 0 Å². The topological polar surface area (TPSA) is 84.3 Å². The summed E-state index contributed by atoms with van der Waals surface area (Å²) in [6.45, 7) is 1.07. The van der Waals surface area contributed by atoms with Crippen LogP contribution in [0.5, 0.6) is 0 Å². The average molecular weight is 343 g/mol. The van der Waals surface area contributed by atoms with E-state index >= 15 is 0 Å². The van der Waals surface area contributed by atoms with Crippen molar-refractivity contribution in [3.05, 3.63) is 64.2 Å². The minimum atomic E-state index is -0.429. The minimum Gasteiger partial charge on any atom is -0.383 e. The fraction of sp³-hybridized carbons (Fsp3) is 0.235. The highest BCUT2D eigenvalue weighted by molar-refractivity contribution is 8.01. The number of carbonyl (C=O) groups is 1. The Kier molecular flexibility index (Phi) is 5.00. The highest BCUT2D eigenvalue weighted by atomic mass is 32.2. The highest BCUT2D eigenvalue weighted by Crippen LogP contribution is 2.36. The maximum Gasteiger partial charge on any atom is 0.269 e. The molecule has 0 aliphatic carbocycles. The molecule has 0 unspecified atom stereocenters. The molecule has 0 fully saturated rings. The Bertz CT molecular complexity index is 724. The lowest BCUT2D eigenvalue weighted by atomic mass is 10.1. The summed E-state index contributed by atoms with van der Waals surface area (Å²) >= 11 is 1.61. The van der Waals surface area contributed by atoms with Gasteiger partial charge in [0.15, 0.2) is 0 Å². The Morgan fingerprint density at radius 3 is 2.62 bits per heavy atom. The zero-order valence-electron chi connectivity index (χ0n) is 12.9. The van der Waals surface area contributed by atoms with E-state index in [9.17, 15) is 14.9 Å². The molecule has 0 radical (unpaired) electrons. The van der Waals surface area contributed by atoms with Gasteiger partial charge in [-0.2, -0.15) is 0 Å². The molecular weight excluding hydrogens is 326 g/mol. The second-order valence-corrected chi connectivity index (χ2v) is 6.68. The summed E-state index contributed by atoms with van der Waals surface area (Å²) in [7, 11) is 0. The Morgan fingerprint density at radius 1 is 1.17 bits per heavy atom. The molecule has 0 bridgehead atoms. The summed E-state index contributed by atoms with van der Waals surface area (Å²) in [4.78, 5) is 23.6. The van der Waals surface area contributed by atoms with Crippen molar-refractivity contribution in [2.45, 2.75) is 16.6 Å². The summed E-state index contributed by atoms with van der Waals surface area (Å²) in [5.41, 5.74) is 2.08. The molecular formula is C17H17N3O3S. The molecule has 3 rings (SSSR count). The fourth-order valence-corrected chi connectivity index (χ4v) is 3.76. The first-order valence-corrected chi connectivity index (χ1v) is 8.52. The van der Waals surface area contributed by atoms with Crippen molar-refractivity contribution >= 4 is 29.0 Å². The predicted molar refractivity (Wildman–Crippen MR) is 94.4 cm³/mol. The van der Waals surface area contributed by atoms with Crippen molar-refractivity contribution in [1.82, 2.24) is 5.32 Å². The molecule has 2 N–H and O–H groups in total. The molecule has 24 heavy (non-hydrogen) atoms. The zero-order chi connectivity index (χ0) is 16.9. The van der Waals surface area contributed by atoms with E-state index < -0.39 is 4.92 Å². The van der Waals surface area contributed by atoms with E-state index in [4.69, 9.17) is 0 Å².